The molecule has 9 nitrogen and oxygen atoms in total. The molecule has 38 heavy (non-hydrogen) atoms. The van der Waals surface area contributed by atoms with Crippen LogP contribution in [0.1, 0.15) is 56.5 Å². The summed E-state index contributed by atoms with van der Waals surface area (Å²) in [5.41, 5.74) is 2.07. The smallest absolute Gasteiger partial charge is 0.269 e. The Morgan fingerprint density at radius 2 is 1.82 bits per heavy atom. The topological polar surface area (TPSA) is 92.7 Å². The maximum Gasteiger partial charge on any atom is 0.269 e. The van der Waals surface area contributed by atoms with Crippen molar-refractivity contribution in [1.29, 1.82) is 0 Å². The molecule has 0 spiro atoms. The lowest BCUT2D eigenvalue weighted by molar-refractivity contribution is 0.0903. The van der Waals surface area contributed by atoms with Crippen LogP contribution < -0.4 is 15.0 Å². The van der Waals surface area contributed by atoms with Crippen molar-refractivity contribution in [3.63, 3.8) is 0 Å². The summed E-state index contributed by atoms with van der Waals surface area (Å²) in [5.74, 6) is 0.388. The standard InChI is InChI=1S/C24H27FN6O3.2C2H6/c1-26-23(32)20-6-4-16(13-27-20)30-7-9-31(10-8-30)17-12-21(34-14-17)22-28-19-5-3-15(25)11-18(19)24(29-22)33-2;2*1-2/h3-6,11,13,17,21H,7-10,12,14H2,1-2H3,(H,26,32);2*1-2H3. The van der Waals surface area contributed by atoms with E-state index in [9.17, 15) is 9.18 Å². The number of methoxy groups -OCH3 is 1. The summed E-state index contributed by atoms with van der Waals surface area (Å²) in [5, 5.41) is 3.14. The molecule has 206 valence electrons. The molecule has 1 amide bonds. The Kier molecular flexibility index (Phi) is 10.7. The molecule has 3 aromatic rings. The zero-order chi connectivity index (χ0) is 27.7. The van der Waals surface area contributed by atoms with E-state index >= 15 is 0 Å². The summed E-state index contributed by atoms with van der Waals surface area (Å²) in [6, 6.07) is 8.38. The normalized spacial score (nSPS) is 19.2. The fourth-order valence-corrected chi connectivity index (χ4v) is 4.61. The first-order valence-corrected chi connectivity index (χ1v) is 13.4. The zero-order valence-corrected chi connectivity index (χ0v) is 23.2. The number of carbonyl (C=O) groups excluding carboxylic acids is 1. The Hall–Kier alpha value is -3.37. The maximum atomic E-state index is 13.6. The number of benzene rings is 1. The molecule has 2 saturated heterocycles. The van der Waals surface area contributed by atoms with Crippen LogP contribution in [0, 0.1) is 5.82 Å². The molecule has 0 aliphatic carbocycles. The third kappa shape index (κ3) is 6.54. The van der Waals surface area contributed by atoms with E-state index in [-0.39, 0.29) is 23.9 Å². The number of anilines is 1. The SMILES string of the molecule is CC.CC.CNC(=O)c1ccc(N2CCN(C3COC(c4nc(OC)c5cc(F)ccc5n4)C3)CC2)cn1. The van der Waals surface area contributed by atoms with Gasteiger partial charge in [-0.05, 0) is 36.8 Å². The van der Waals surface area contributed by atoms with E-state index in [2.05, 4.69) is 30.1 Å². The molecular weight excluding hydrogens is 487 g/mol. The molecule has 0 bridgehead atoms. The minimum Gasteiger partial charge on any atom is -0.480 e. The first-order chi connectivity index (χ1) is 18.6. The van der Waals surface area contributed by atoms with Crippen LogP contribution in [0.15, 0.2) is 36.5 Å². The van der Waals surface area contributed by atoms with Crippen molar-refractivity contribution < 1.29 is 18.7 Å². The van der Waals surface area contributed by atoms with Gasteiger partial charge >= 0.3 is 0 Å². The van der Waals surface area contributed by atoms with Crippen LogP contribution in [-0.4, -0.2) is 78.7 Å². The zero-order valence-electron chi connectivity index (χ0n) is 23.2. The van der Waals surface area contributed by atoms with Crippen LogP contribution in [-0.2, 0) is 4.74 Å². The van der Waals surface area contributed by atoms with E-state index in [0.717, 1.165) is 38.3 Å². The average molecular weight is 527 g/mol. The number of hydrogen-bond acceptors (Lipinski definition) is 8. The largest absolute Gasteiger partial charge is 0.480 e. The van der Waals surface area contributed by atoms with Gasteiger partial charge in [0.25, 0.3) is 5.91 Å². The number of hydrogen-bond donors (Lipinski definition) is 1. The number of amides is 1. The summed E-state index contributed by atoms with van der Waals surface area (Å²) in [7, 11) is 3.12. The van der Waals surface area contributed by atoms with E-state index < -0.39 is 0 Å². The highest BCUT2D eigenvalue weighted by Crippen LogP contribution is 2.33. The lowest BCUT2D eigenvalue weighted by Gasteiger charge is -2.38. The summed E-state index contributed by atoms with van der Waals surface area (Å²) in [4.78, 5) is 29.8. The van der Waals surface area contributed by atoms with Gasteiger partial charge in [0.2, 0.25) is 5.88 Å². The number of halogens is 1. The number of aromatic nitrogens is 3. The molecular formula is C28H39FN6O3. The molecule has 2 aliphatic rings. The van der Waals surface area contributed by atoms with Crippen molar-refractivity contribution >= 4 is 22.5 Å². The molecule has 2 fully saturated rings. The Morgan fingerprint density at radius 1 is 1.08 bits per heavy atom. The quantitative estimate of drug-likeness (QED) is 0.528. The minimum absolute atomic E-state index is 0.188. The van der Waals surface area contributed by atoms with Crippen LogP contribution in [0.4, 0.5) is 10.1 Å². The van der Waals surface area contributed by atoms with Crippen molar-refractivity contribution in [2.75, 3.05) is 51.8 Å². The van der Waals surface area contributed by atoms with Crippen molar-refractivity contribution in [2.24, 2.45) is 0 Å². The summed E-state index contributed by atoms with van der Waals surface area (Å²) in [6.45, 7) is 12.2. The van der Waals surface area contributed by atoms with Crippen molar-refractivity contribution in [2.45, 2.75) is 46.3 Å². The predicted octanol–water partition coefficient (Wildman–Crippen LogP) is 4.24. The third-order valence-corrected chi connectivity index (χ3v) is 6.50. The summed E-state index contributed by atoms with van der Waals surface area (Å²) >= 11 is 0. The van der Waals surface area contributed by atoms with Crippen LogP contribution in [0.2, 0.25) is 0 Å². The average Bonchev–Trinajstić information content (AvgIpc) is 3.49. The molecule has 4 heterocycles. The third-order valence-electron chi connectivity index (χ3n) is 6.50. The van der Waals surface area contributed by atoms with Gasteiger partial charge in [-0.2, -0.15) is 4.98 Å². The molecule has 5 rings (SSSR count). The van der Waals surface area contributed by atoms with E-state index in [1.165, 1.54) is 19.2 Å². The fourth-order valence-electron chi connectivity index (χ4n) is 4.61. The number of nitrogens with one attached hydrogen (secondary N) is 1. The van der Waals surface area contributed by atoms with Crippen molar-refractivity contribution in [3.8, 4) is 5.88 Å². The monoisotopic (exact) mass is 526 g/mol. The van der Waals surface area contributed by atoms with Gasteiger partial charge in [-0.25, -0.2) is 14.4 Å². The van der Waals surface area contributed by atoms with Gasteiger partial charge in [0.05, 0.1) is 36.5 Å². The number of nitrogens with zero attached hydrogens (tertiary/aromatic N) is 5. The minimum atomic E-state index is -0.350. The van der Waals surface area contributed by atoms with Crippen LogP contribution in [0.3, 0.4) is 0 Å². The second-order valence-corrected chi connectivity index (χ2v) is 8.47. The highest BCUT2D eigenvalue weighted by Gasteiger charge is 2.34. The number of pyridine rings is 1. The Labute approximate surface area is 224 Å². The number of rotatable bonds is 5. The highest BCUT2D eigenvalue weighted by molar-refractivity contribution is 5.92. The summed E-state index contributed by atoms with van der Waals surface area (Å²) < 4.78 is 25.1. The molecule has 0 saturated carbocycles. The van der Waals surface area contributed by atoms with Crippen molar-refractivity contribution in [1.82, 2.24) is 25.2 Å². The number of piperazine rings is 1. The molecule has 0 radical (unpaired) electrons. The number of carbonyl (C=O) groups is 1. The first kappa shape index (κ1) is 29.2. The molecule has 2 aromatic heterocycles. The predicted molar refractivity (Wildman–Crippen MR) is 147 cm³/mol. The molecule has 10 heteroatoms. The molecule has 2 aliphatic heterocycles. The maximum absolute atomic E-state index is 13.6. The Bertz CT molecular complexity index is 1190. The molecule has 1 N–H and O–H groups in total. The summed E-state index contributed by atoms with van der Waals surface area (Å²) in [6.07, 6.45) is 2.32. The highest BCUT2D eigenvalue weighted by atomic mass is 19.1. The van der Waals surface area contributed by atoms with Gasteiger partial charge in [-0.15, -0.1) is 0 Å². The van der Waals surface area contributed by atoms with Crippen LogP contribution in [0.5, 0.6) is 5.88 Å². The second kappa shape index (κ2) is 14.0. The van der Waals surface area contributed by atoms with E-state index in [4.69, 9.17) is 9.47 Å². The Balaban J connectivity index is 0.000000956. The number of ether oxygens (including phenoxy) is 2. The van der Waals surface area contributed by atoms with E-state index in [1.54, 1.807) is 25.4 Å². The second-order valence-electron chi connectivity index (χ2n) is 8.47. The van der Waals surface area contributed by atoms with Gasteiger partial charge in [-0.1, -0.05) is 27.7 Å². The van der Waals surface area contributed by atoms with Gasteiger partial charge < -0.3 is 19.7 Å². The van der Waals surface area contributed by atoms with E-state index in [1.807, 2.05) is 33.8 Å². The number of fused-ring (bicyclic) bond motifs is 1. The van der Waals surface area contributed by atoms with Gasteiger partial charge in [0.15, 0.2) is 5.82 Å². The first-order valence-electron chi connectivity index (χ1n) is 13.4. The van der Waals surface area contributed by atoms with Gasteiger partial charge in [0, 0.05) is 39.3 Å². The van der Waals surface area contributed by atoms with Crippen LogP contribution >= 0.6 is 0 Å². The molecule has 2 unspecified atom stereocenters. The van der Waals surface area contributed by atoms with Gasteiger partial charge in [0.1, 0.15) is 17.6 Å². The van der Waals surface area contributed by atoms with Gasteiger partial charge in [-0.3, -0.25) is 9.69 Å². The van der Waals surface area contributed by atoms with Crippen molar-refractivity contribution in [3.05, 3.63) is 53.9 Å². The molecule has 2 atom stereocenters. The molecule has 1 aromatic carbocycles. The fraction of sp³-hybridized carbons (Fsp3) is 0.500. The lowest BCUT2D eigenvalue weighted by Crippen LogP contribution is -2.50. The Morgan fingerprint density at radius 3 is 2.45 bits per heavy atom. The lowest BCUT2D eigenvalue weighted by atomic mass is 10.1. The van der Waals surface area contributed by atoms with Crippen LogP contribution in [0.25, 0.3) is 10.9 Å². The van der Waals surface area contributed by atoms with E-state index in [0.29, 0.717) is 34.9 Å².